The predicted octanol–water partition coefficient (Wildman–Crippen LogP) is 9.55. The monoisotopic (exact) mass is 523 g/mol. The summed E-state index contributed by atoms with van der Waals surface area (Å²) in [7, 11) is 0. The Kier molecular flexibility index (Phi) is 15.5. The van der Waals surface area contributed by atoms with E-state index in [2.05, 4.69) is 50.2 Å². The number of pyridine rings is 1. The normalized spacial score (nSPS) is 17.5. The Morgan fingerprint density at radius 1 is 0.711 bits per heavy atom. The highest BCUT2D eigenvalue weighted by atomic mass is 16.7. The van der Waals surface area contributed by atoms with Gasteiger partial charge < -0.3 is 14.2 Å². The molecule has 0 N–H and O–H groups in total. The van der Waals surface area contributed by atoms with Gasteiger partial charge in [0.1, 0.15) is 5.75 Å². The Bertz CT molecular complexity index is 828. The van der Waals surface area contributed by atoms with Crippen LogP contribution in [-0.2, 0) is 15.9 Å². The van der Waals surface area contributed by atoms with Gasteiger partial charge in [0.2, 0.25) is 0 Å². The van der Waals surface area contributed by atoms with E-state index in [0.29, 0.717) is 5.92 Å². The number of unbranched alkanes of at least 4 members (excludes halogenated alkanes) is 11. The van der Waals surface area contributed by atoms with E-state index in [0.717, 1.165) is 56.1 Å². The Labute approximate surface area is 232 Å². The van der Waals surface area contributed by atoms with E-state index in [9.17, 15) is 0 Å². The van der Waals surface area contributed by atoms with Crippen molar-refractivity contribution in [2.24, 2.45) is 5.92 Å². The van der Waals surface area contributed by atoms with Crippen molar-refractivity contribution in [1.82, 2.24) is 4.98 Å². The first-order chi connectivity index (χ1) is 18.8. The summed E-state index contributed by atoms with van der Waals surface area (Å²) in [5.74, 6) is 1.51. The molecule has 0 amide bonds. The third-order valence-electron chi connectivity index (χ3n) is 7.66. The van der Waals surface area contributed by atoms with E-state index in [1.165, 1.54) is 89.0 Å². The Hall–Kier alpha value is -1.91. The molecule has 1 aliphatic heterocycles. The molecule has 0 aliphatic carbocycles. The van der Waals surface area contributed by atoms with Crippen LogP contribution in [0.5, 0.6) is 5.75 Å². The number of aryl methyl sites for hydroxylation is 1. The molecule has 1 saturated heterocycles. The SMILES string of the molecule is CCCCCCCCC[C@H]1CO[C@H](CCc2ccc(-c3ccc(OCCCCCCCC)cc3)nc2)OC1. The Morgan fingerprint density at radius 2 is 1.34 bits per heavy atom. The van der Waals surface area contributed by atoms with Crippen molar-refractivity contribution in [3.05, 3.63) is 48.2 Å². The molecule has 212 valence electrons. The molecule has 0 unspecified atom stereocenters. The smallest absolute Gasteiger partial charge is 0.157 e. The number of hydrogen-bond donors (Lipinski definition) is 0. The van der Waals surface area contributed by atoms with Crippen LogP contribution < -0.4 is 4.74 Å². The van der Waals surface area contributed by atoms with Crippen LogP contribution >= 0.6 is 0 Å². The van der Waals surface area contributed by atoms with Crippen LogP contribution in [0.1, 0.15) is 116 Å². The summed E-state index contributed by atoms with van der Waals surface area (Å²) >= 11 is 0. The average Bonchev–Trinajstić information content (AvgIpc) is 2.96. The number of nitrogens with zero attached hydrogens (tertiary/aromatic N) is 1. The van der Waals surface area contributed by atoms with Crippen LogP contribution in [0.25, 0.3) is 11.3 Å². The van der Waals surface area contributed by atoms with Gasteiger partial charge in [-0.2, -0.15) is 0 Å². The van der Waals surface area contributed by atoms with Crippen molar-refractivity contribution in [1.29, 1.82) is 0 Å². The summed E-state index contributed by atoms with van der Waals surface area (Å²) in [6.07, 6.45) is 22.2. The van der Waals surface area contributed by atoms with Crippen molar-refractivity contribution in [2.75, 3.05) is 19.8 Å². The lowest BCUT2D eigenvalue weighted by molar-refractivity contribution is -0.203. The maximum atomic E-state index is 6.03. The van der Waals surface area contributed by atoms with Gasteiger partial charge in [0.25, 0.3) is 0 Å². The Morgan fingerprint density at radius 3 is 1.97 bits per heavy atom. The van der Waals surface area contributed by atoms with E-state index >= 15 is 0 Å². The number of rotatable bonds is 20. The molecule has 0 bridgehead atoms. The number of ether oxygens (including phenoxy) is 3. The summed E-state index contributed by atoms with van der Waals surface area (Å²) in [5, 5.41) is 0. The molecule has 0 spiro atoms. The quantitative estimate of drug-likeness (QED) is 0.162. The van der Waals surface area contributed by atoms with E-state index in [-0.39, 0.29) is 6.29 Å². The fraction of sp³-hybridized carbons (Fsp3) is 0.676. The molecule has 3 rings (SSSR count). The molecule has 4 heteroatoms. The summed E-state index contributed by atoms with van der Waals surface area (Å²) in [4.78, 5) is 4.71. The minimum atomic E-state index is -0.0798. The second-order valence-corrected chi connectivity index (χ2v) is 11.1. The molecule has 2 aromatic rings. The maximum absolute atomic E-state index is 6.03. The third kappa shape index (κ3) is 12.3. The van der Waals surface area contributed by atoms with Crippen LogP contribution in [0.15, 0.2) is 42.6 Å². The van der Waals surface area contributed by atoms with Crippen molar-refractivity contribution in [2.45, 2.75) is 123 Å². The van der Waals surface area contributed by atoms with E-state index in [1.807, 2.05) is 6.20 Å². The van der Waals surface area contributed by atoms with Crippen molar-refractivity contribution < 1.29 is 14.2 Å². The molecule has 1 aliphatic rings. The van der Waals surface area contributed by atoms with Gasteiger partial charge in [-0.15, -0.1) is 0 Å². The lowest BCUT2D eigenvalue weighted by atomic mass is 10.0. The van der Waals surface area contributed by atoms with Crippen LogP contribution in [0, 0.1) is 5.92 Å². The summed E-state index contributed by atoms with van der Waals surface area (Å²) in [6.45, 7) is 7.02. The summed E-state index contributed by atoms with van der Waals surface area (Å²) in [6, 6.07) is 12.6. The van der Waals surface area contributed by atoms with Crippen LogP contribution in [0.4, 0.5) is 0 Å². The molecule has 0 radical (unpaired) electrons. The molecule has 1 aromatic carbocycles. The fourth-order valence-corrected chi connectivity index (χ4v) is 5.13. The minimum absolute atomic E-state index is 0.0798. The molecule has 1 fully saturated rings. The minimum Gasteiger partial charge on any atom is -0.494 e. The van der Waals surface area contributed by atoms with Gasteiger partial charge in [-0.25, -0.2) is 0 Å². The molecule has 38 heavy (non-hydrogen) atoms. The Balaban J connectivity index is 1.27. The largest absolute Gasteiger partial charge is 0.494 e. The van der Waals surface area contributed by atoms with E-state index in [1.54, 1.807) is 0 Å². The third-order valence-corrected chi connectivity index (χ3v) is 7.66. The second kappa shape index (κ2) is 19.2. The predicted molar refractivity (Wildman–Crippen MR) is 159 cm³/mol. The van der Waals surface area contributed by atoms with Gasteiger partial charge in [0.15, 0.2) is 6.29 Å². The topological polar surface area (TPSA) is 40.6 Å². The van der Waals surface area contributed by atoms with Crippen LogP contribution in [0.3, 0.4) is 0 Å². The number of aromatic nitrogens is 1. The lowest BCUT2D eigenvalue weighted by Crippen LogP contribution is -2.32. The highest BCUT2D eigenvalue weighted by Crippen LogP contribution is 2.23. The second-order valence-electron chi connectivity index (χ2n) is 11.1. The summed E-state index contributed by atoms with van der Waals surface area (Å²) in [5.41, 5.74) is 3.34. The average molecular weight is 524 g/mol. The molecular weight excluding hydrogens is 470 g/mol. The molecule has 0 atom stereocenters. The number of hydrogen-bond acceptors (Lipinski definition) is 4. The highest BCUT2D eigenvalue weighted by molar-refractivity contribution is 5.60. The van der Waals surface area contributed by atoms with Gasteiger partial charge >= 0.3 is 0 Å². The lowest BCUT2D eigenvalue weighted by Gasteiger charge is -2.29. The zero-order valence-corrected chi connectivity index (χ0v) is 24.3. The first-order valence-corrected chi connectivity index (χ1v) is 15.7. The van der Waals surface area contributed by atoms with Gasteiger partial charge in [-0.1, -0.05) is 97.0 Å². The van der Waals surface area contributed by atoms with Gasteiger partial charge in [0.05, 0.1) is 25.5 Å². The van der Waals surface area contributed by atoms with Gasteiger partial charge in [-0.05, 0) is 55.2 Å². The van der Waals surface area contributed by atoms with E-state index < -0.39 is 0 Å². The zero-order chi connectivity index (χ0) is 26.7. The fourth-order valence-electron chi connectivity index (χ4n) is 5.13. The molecule has 4 nitrogen and oxygen atoms in total. The molecule has 0 saturated carbocycles. The molecular formula is C34H53NO3. The van der Waals surface area contributed by atoms with Crippen LogP contribution in [0.2, 0.25) is 0 Å². The highest BCUT2D eigenvalue weighted by Gasteiger charge is 2.21. The standard InChI is InChI=1S/C34H53NO3/c1-3-5-7-9-11-12-14-16-30-27-37-34(38-28-30)24-18-29-17-23-33(35-26-29)31-19-21-32(22-20-31)36-25-15-13-10-8-6-4-2/h17,19-23,26,30,34H,3-16,18,24-25,27-28H2,1-2H3/t30-,34-. The first kappa shape index (κ1) is 30.6. The molecule has 1 aromatic heterocycles. The zero-order valence-electron chi connectivity index (χ0n) is 24.3. The maximum Gasteiger partial charge on any atom is 0.157 e. The molecule has 2 heterocycles. The van der Waals surface area contributed by atoms with Gasteiger partial charge in [0, 0.05) is 24.1 Å². The van der Waals surface area contributed by atoms with Crippen molar-refractivity contribution >= 4 is 0 Å². The van der Waals surface area contributed by atoms with Gasteiger partial charge in [-0.3, -0.25) is 4.98 Å². The van der Waals surface area contributed by atoms with Crippen LogP contribution in [-0.4, -0.2) is 31.1 Å². The number of benzene rings is 1. The van der Waals surface area contributed by atoms with E-state index in [4.69, 9.17) is 19.2 Å². The van der Waals surface area contributed by atoms with Crippen molar-refractivity contribution in [3.8, 4) is 17.0 Å². The summed E-state index contributed by atoms with van der Waals surface area (Å²) < 4.78 is 18.0. The first-order valence-electron chi connectivity index (χ1n) is 15.7. The van der Waals surface area contributed by atoms with Crippen molar-refractivity contribution in [3.63, 3.8) is 0 Å².